The van der Waals surface area contributed by atoms with E-state index in [1.54, 1.807) is 0 Å². The molecule has 0 saturated carbocycles. The third-order valence-corrected chi connectivity index (χ3v) is 8.05. The zero-order valence-electron chi connectivity index (χ0n) is 29.3. The van der Waals surface area contributed by atoms with Crippen LogP contribution in [0.3, 0.4) is 0 Å². The van der Waals surface area contributed by atoms with Crippen LogP contribution in [0.4, 0.5) is 0 Å². The molecule has 0 aromatic carbocycles. The molecule has 3 unspecified atom stereocenters. The number of esters is 1. The van der Waals surface area contributed by atoms with Gasteiger partial charge in [-0.25, -0.2) is 9.36 Å². The van der Waals surface area contributed by atoms with Crippen LogP contribution in [-0.2, 0) is 32.7 Å². The molecule has 11 nitrogen and oxygen atoms in total. The number of phosphoric ester groups is 1. The highest BCUT2D eigenvalue weighted by Gasteiger charge is 2.28. The van der Waals surface area contributed by atoms with Gasteiger partial charge in [-0.15, -0.1) is 0 Å². The molecule has 0 aromatic rings. The number of unbranched alkanes of at least 4 members (excludes halogenated alkanes) is 10. The number of amides is 1. The predicted octanol–water partition coefficient (Wildman–Crippen LogP) is 7.88. The van der Waals surface area contributed by atoms with Gasteiger partial charge in [0.25, 0.3) is 0 Å². The SMILES string of the molecule is CC/C=C\C/C=C\C/C=C\CCCCCC(=O)NC(COP(=O)(O)OCC(O)COC(=O)CCCCCCC/C=C\CCCC)C(=O)O. The van der Waals surface area contributed by atoms with E-state index in [1.807, 2.05) is 0 Å². The Kier molecular flexibility index (Phi) is 30.0. The highest BCUT2D eigenvalue weighted by atomic mass is 31.2. The minimum Gasteiger partial charge on any atom is -0.480 e. The van der Waals surface area contributed by atoms with Crippen molar-refractivity contribution in [2.45, 2.75) is 142 Å². The maximum absolute atomic E-state index is 12.2. The van der Waals surface area contributed by atoms with Gasteiger partial charge in [0, 0.05) is 12.8 Å². The minimum absolute atomic E-state index is 0.108. The number of carboxylic acid groups (broad SMARTS) is 1. The summed E-state index contributed by atoms with van der Waals surface area (Å²) in [5, 5.41) is 21.6. The standard InChI is InChI=1S/C36H62NO10P/c1-3-5-7-9-11-13-15-16-18-19-21-23-25-27-34(39)37-33(36(41)42)31-47-48(43,44)46-30-32(38)29-45-35(40)28-26-24-22-20-17-14-12-10-8-6-4-2/h5,7,10-13,16,18,32-33,38H,3-4,6,8-9,14-15,17,19-31H2,1-2H3,(H,37,39)(H,41,42)(H,43,44)/b7-5-,12-10-,13-11-,18-16-. The van der Waals surface area contributed by atoms with Gasteiger partial charge in [-0.1, -0.05) is 101 Å². The number of carbonyl (C=O) groups is 3. The van der Waals surface area contributed by atoms with E-state index in [0.29, 0.717) is 12.8 Å². The molecule has 1 amide bonds. The summed E-state index contributed by atoms with van der Waals surface area (Å²) >= 11 is 0. The second kappa shape index (κ2) is 31.7. The van der Waals surface area contributed by atoms with Crippen LogP contribution in [0.5, 0.6) is 0 Å². The summed E-state index contributed by atoms with van der Waals surface area (Å²) < 4.78 is 26.6. The van der Waals surface area contributed by atoms with Crippen LogP contribution in [0.25, 0.3) is 0 Å². The molecule has 0 aromatic heterocycles. The van der Waals surface area contributed by atoms with Gasteiger partial charge < -0.3 is 25.2 Å². The lowest BCUT2D eigenvalue weighted by Gasteiger charge is -2.18. The number of carbonyl (C=O) groups excluding carboxylic acids is 2. The summed E-state index contributed by atoms with van der Waals surface area (Å²) in [6.45, 7) is 2.36. The van der Waals surface area contributed by atoms with E-state index < -0.39 is 57.6 Å². The largest absolute Gasteiger partial charge is 0.480 e. The maximum atomic E-state index is 12.2. The van der Waals surface area contributed by atoms with Crippen LogP contribution in [0.2, 0.25) is 0 Å². The van der Waals surface area contributed by atoms with Crippen molar-refractivity contribution in [2.75, 3.05) is 19.8 Å². The number of aliphatic carboxylic acids is 1. The first kappa shape index (κ1) is 45.4. The van der Waals surface area contributed by atoms with Gasteiger partial charge in [0.15, 0.2) is 6.04 Å². The topological polar surface area (TPSA) is 169 Å². The number of ether oxygens (including phenoxy) is 1. The average Bonchev–Trinajstić information content (AvgIpc) is 3.05. The molecule has 0 bridgehead atoms. The van der Waals surface area contributed by atoms with Gasteiger partial charge >= 0.3 is 19.8 Å². The summed E-state index contributed by atoms with van der Waals surface area (Å²) in [5.74, 6) is -2.44. The lowest BCUT2D eigenvalue weighted by Crippen LogP contribution is -2.43. The zero-order valence-corrected chi connectivity index (χ0v) is 30.2. The summed E-state index contributed by atoms with van der Waals surface area (Å²) in [4.78, 5) is 45.5. The number of hydrogen-bond donors (Lipinski definition) is 4. The van der Waals surface area contributed by atoms with Crippen LogP contribution < -0.4 is 5.32 Å². The van der Waals surface area contributed by atoms with Crippen LogP contribution >= 0.6 is 7.82 Å². The lowest BCUT2D eigenvalue weighted by atomic mass is 10.1. The molecule has 48 heavy (non-hydrogen) atoms. The Morgan fingerprint density at radius 2 is 1.21 bits per heavy atom. The number of rotatable bonds is 32. The molecule has 0 saturated heterocycles. The number of aliphatic hydroxyl groups excluding tert-OH is 1. The highest BCUT2D eigenvalue weighted by Crippen LogP contribution is 2.43. The van der Waals surface area contributed by atoms with E-state index in [-0.39, 0.29) is 12.8 Å². The van der Waals surface area contributed by atoms with Crippen molar-refractivity contribution in [2.24, 2.45) is 0 Å². The van der Waals surface area contributed by atoms with E-state index in [1.165, 1.54) is 12.8 Å². The van der Waals surface area contributed by atoms with Gasteiger partial charge in [0.2, 0.25) is 5.91 Å². The second-order valence-electron chi connectivity index (χ2n) is 11.7. The van der Waals surface area contributed by atoms with E-state index in [4.69, 9.17) is 13.8 Å². The van der Waals surface area contributed by atoms with Crippen LogP contribution in [0, 0.1) is 0 Å². The average molecular weight is 700 g/mol. The summed E-state index contributed by atoms with van der Waals surface area (Å²) in [7, 11) is -4.76. The summed E-state index contributed by atoms with van der Waals surface area (Å²) in [6, 6.07) is -1.56. The van der Waals surface area contributed by atoms with Crippen molar-refractivity contribution in [3.63, 3.8) is 0 Å². The summed E-state index contributed by atoms with van der Waals surface area (Å²) in [6.07, 6.45) is 31.6. The van der Waals surface area contributed by atoms with Crippen molar-refractivity contribution < 1.29 is 47.8 Å². The van der Waals surface area contributed by atoms with Crippen molar-refractivity contribution in [3.8, 4) is 0 Å². The predicted molar refractivity (Wildman–Crippen MR) is 189 cm³/mol. The van der Waals surface area contributed by atoms with E-state index >= 15 is 0 Å². The molecule has 0 fully saturated rings. The van der Waals surface area contributed by atoms with Gasteiger partial charge in [-0.3, -0.25) is 18.6 Å². The fraction of sp³-hybridized carbons (Fsp3) is 0.694. The zero-order chi connectivity index (χ0) is 35.7. The molecule has 0 aliphatic heterocycles. The monoisotopic (exact) mass is 699 g/mol. The first-order valence-corrected chi connectivity index (χ1v) is 19.2. The molecule has 0 heterocycles. The van der Waals surface area contributed by atoms with Crippen LogP contribution in [0.1, 0.15) is 129 Å². The number of hydrogen-bond acceptors (Lipinski definition) is 8. The van der Waals surface area contributed by atoms with Crippen molar-refractivity contribution in [3.05, 3.63) is 48.6 Å². The number of aliphatic hydroxyl groups is 1. The Labute approximate surface area is 288 Å². The van der Waals surface area contributed by atoms with E-state index in [2.05, 4.69) is 67.8 Å². The molecule has 0 rings (SSSR count). The van der Waals surface area contributed by atoms with Gasteiger partial charge in [0.05, 0.1) is 13.2 Å². The Balaban J connectivity index is 4.07. The van der Waals surface area contributed by atoms with Gasteiger partial charge in [-0.05, 0) is 64.2 Å². The number of nitrogens with one attached hydrogen (secondary N) is 1. The maximum Gasteiger partial charge on any atom is 0.472 e. The molecule has 12 heteroatoms. The van der Waals surface area contributed by atoms with E-state index in [9.17, 15) is 34.1 Å². The molecule has 4 N–H and O–H groups in total. The second-order valence-corrected chi connectivity index (χ2v) is 13.1. The molecular formula is C36H62NO10P. The molecule has 0 spiro atoms. The van der Waals surface area contributed by atoms with Crippen molar-refractivity contribution in [1.82, 2.24) is 5.32 Å². The van der Waals surface area contributed by atoms with Crippen molar-refractivity contribution >= 4 is 25.7 Å². The number of allylic oxidation sites excluding steroid dienone is 8. The minimum atomic E-state index is -4.76. The Morgan fingerprint density at radius 3 is 1.85 bits per heavy atom. The number of carboxylic acids is 1. The van der Waals surface area contributed by atoms with Gasteiger partial charge in [-0.2, -0.15) is 0 Å². The van der Waals surface area contributed by atoms with Crippen LogP contribution in [0.15, 0.2) is 48.6 Å². The molecule has 3 atom stereocenters. The first-order chi connectivity index (χ1) is 23.1. The summed E-state index contributed by atoms with van der Waals surface area (Å²) in [5.41, 5.74) is 0. The number of phosphoric acid groups is 1. The highest BCUT2D eigenvalue weighted by molar-refractivity contribution is 7.47. The fourth-order valence-electron chi connectivity index (χ4n) is 4.31. The third kappa shape index (κ3) is 30.8. The third-order valence-electron chi connectivity index (χ3n) is 7.10. The molecule has 0 aliphatic rings. The fourth-order valence-corrected chi connectivity index (χ4v) is 5.08. The Morgan fingerprint density at radius 1 is 0.688 bits per heavy atom. The molecule has 0 radical (unpaired) electrons. The van der Waals surface area contributed by atoms with E-state index in [0.717, 1.165) is 77.0 Å². The molecule has 276 valence electrons. The quantitative estimate of drug-likeness (QED) is 0.0235. The van der Waals surface area contributed by atoms with Crippen molar-refractivity contribution in [1.29, 1.82) is 0 Å². The Bertz CT molecular complexity index is 1010. The van der Waals surface area contributed by atoms with Gasteiger partial charge in [0.1, 0.15) is 12.7 Å². The smallest absolute Gasteiger partial charge is 0.472 e. The molecule has 0 aliphatic carbocycles. The molecular weight excluding hydrogens is 637 g/mol. The normalized spacial score (nSPS) is 14.6. The Hall–Kier alpha value is -2.56. The van der Waals surface area contributed by atoms with Crippen LogP contribution in [-0.4, -0.2) is 64.9 Å². The first-order valence-electron chi connectivity index (χ1n) is 17.7. The lowest BCUT2D eigenvalue weighted by molar-refractivity contribution is -0.147.